The summed E-state index contributed by atoms with van der Waals surface area (Å²) in [7, 11) is 0. The van der Waals surface area contributed by atoms with E-state index >= 15 is 0 Å². The quantitative estimate of drug-likeness (QED) is 0.650. The summed E-state index contributed by atoms with van der Waals surface area (Å²) in [6, 6.07) is 3.90. The lowest BCUT2D eigenvalue weighted by atomic mass is 10.0. The van der Waals surface area contributed by atoms with Crippen LogP contribution in [0, 0.1) is 13.8 Å². The summed E-state index contributed by atoms with van der Waals surface area (Å²) >= 11 is 6.15. The summed E-state index contributed by atoms with van der Waals surface area (Å²) in [4.78, 5) is 41.1. The highest BCUT2D eigenvalue weighted by molar-refractivity contribution is 6.33. The fraction of sp³-hybridized carbons (Fsp3) is 0.350. The number of aryl methyl sites for hydroxylation is 2. The van der Waals surface area contributed by atoms with Crippen molar-refractivity contribution in [2.75, 3.05) is 13.2 Å². The molecule has 1 aliphatic heterocycles. The van der Waals surface area contributed by atoms with Crippen LogP contribution < -0.4 is 10.6 Å². The van der Waals surface area contributed by atoms with Crippen molar-refractivity contribution < 1.29 is 23.9 Å². The minimum absolute atomic E-state index is 0.0950. The summed E-state index contributed by atoms with van der Waals surface area (Å²) in [6.45, 7) is 6.79. The number of esters is 2. The smallest absolute Gasteiger partial charge is 0.358 e. The first kappa shape index (κ1) is 22.3. The Balaban J connectivity index is 1.84. The van der Waals surface area contributed by atoms with Gasteiger partial charge in [-0.2, -0.15) is 5.10 Å². The monoisotopic (exact) mass is 447 g/mol. The molecule has 0 bridgehead atoms. The Bertz CT molecular complexity index is 1080. The minimum atomic E-state index is -0.815. The van der Waals surface area contributed by atoms with Crippen molar-refractivity contribution in [3.8, 4) is 5.82 Å². The third-order valence-corrected chi connectivity index (χ3v) is 4.77. The summed E-state index contributed by atoms with van der Waals surface area (Å²) in [6.07, 6.45) is 0. The molecule has 0 spiro atoms. The van der Waals surface area contributed by atoms with Gasteiger partial charge in [0.05, 0.1) is 34.6 Å². The lowest BCUT2D eigenvalue weighted by molar-refractivity contribution is -0.139. The highest BCUT2D eigenvalue weighted by Crippen LogP contribution is 2.20. The van der Waals surface area contributed by atoms with Gasteiger partial charge in [0.15, 0.2) is 11.5 Å². The van der Waals surface area contributed by atoms with Crippen LogP contribution in [0.1, 0.15) is 35.7 Å². The Morgan fingerprint density at radius 1 is 1.23 bits per heavy atom. The number of aromatic nitrogens is 3. The molecule has 31 heavy (non-hydrogen) atoms. The van der Waals surface area contributed by atoms with Gasteiger partial charge in [0.1, 0.15) is 6.61 Å². The zero-order chi connectivity index (χ0) is 22.7. The van der Waals surface area contributed by atoms with Crippen LogP contribution in [0.5, 0.6) is 0 Å². The van der Waals surface area contributed by atoms with Crippen molar-refractivity contribution in [1.29, 1.82) is 0 Å². The van der Waals surface area contributed by atoms with Gasteiger partial charge >= 0.3 is 18.0 Å². The van der Waals surface area contributed by atoms with Crippen LogP contribution >= 0.6 is 11.6 Å². The first-order valence-electron chi connectivity index (χ1n) is 9.56. The lowest BCUT2D eigenvalue weighted by Crippen LogP contribution is -2.50. The lowest BCUT2D eigenvalue weighted by Gasteiger charge is -2.26. The van der Waals surface area contributed by atoms with E-state index in [1.54, 1.807) is 24.6 Å². The average molecular weight is 448 g/mol. The molecule has 0 aliphatic carbocycles. The van der Waals surface area contributed by atoms with Gasteiger partial charge in [-0.15, -0.1) is 0 Å². The van der Waals surface area contributed by atoms with E-state index in [2.05, 4.69) is 20.7 Å². The van der Waals surface area contributed by atoms with E-state index in [9.17, 15) is 14.4 Å². The van der Waals surface area contributed by atoms with Crippen molar-refractivity contribution in [1.82, 2.24) is 25.4 Å². The zero-order valence-electron chi connectivity index (χ0n) is 17.5. The number of carbonyl (C=O) groups excluding carboxylic acids is 3. The second kappa shape index (κ2) is 9.17. The first-order chi connectivity index (χ1) is 14.7. The molecule has 0 radical (unpaired) electrons. The number of halogens is 1. The number of nitrogens with zero attached hydrogens (tertiary/aromatic N) is 3. The van der Waals surface area contributed by atoms with Gasteiger partial charge in [0.25, 0.3) is 0 Å². The largest absolute Gasteiger partial charge is 0.463 e. The molecule has 3 rings (SSSR count). The van der Waals surface area contributed by atoms with Crippen LogP contribution in [-0.4, -0.2) is 52.0 Å². The fourth-order valence-electron chi connectivity index (χ4n) is 3.15. The molecule has 3 heterocycles. The molecular weight excluding hydrogens is 426 g/mol. The number of rotatable bonds is 6. The van der Waals surface area contributed by atoms with E-state index in [1.807, 2.05) is 19.9 Å². The van der Waals surface area contributed by atoms with Gasteiger partial charge in [-0.1, -0.05) is 11.6 Å². The van der Waals surface area contributed by atoms with Crippen LogP contribution in [-0.2, 0) is 14.3 Å². The van der Waals surface area contributed by atoms with Crippen molar-refractivity contribution in [3.63, 3.8) is 0 Å². The SMILES string of the molecule is CCOC(=O)C1=C(COC(=O)c2nc(-n3nc(C)cc3C)ccc2Cl)NC(=O)NC1C. The molecule has 11 heteroatoms. The van der Waals surface area contributed by atoms with E-state index in [4.69, 9.17) is 21.1 Å². The van der Waals surface area contributed by atoms with E-state index in [0.717, 1.165) is 11.4 Å². The van der Waals surface area contributed by atoms with Gasteiger partial charge in [-0.25, -0.2) is 24.0 Å². The van der Waals surface area contributed by atoms with E-state index in [1.165, 1.54) is 6.07 Å². The summed E-state index contributed by atoms with van der Waals surface area (Å²) < 4.78 is 11.9. The van der Waals surface area contributed by atoms with Crippen LogP contribution in [0.25, 0.3) is 5.82 Å². The molecular formula is C20H22ClN5O5. The van der Waals surface area contributed by atoms with E-state index in [-0.39, 0.29) is 35.2 Å². The molecule has 2 amide bonds. The van der Waals surface area contributed by atoms with Gasteiger partial charge in [0.2, 0.25) is 0 Å². The molecule has 0 aromatic carbocycles. The molecule has 1 unspecified atom stereocenters. The maximum Gasteiger partial charge on any atom is 0.358 e. The molecule has 0 fully saturated rings. The Kier molecular flexibility index (Phi) is 6.59. The van der Waals surface area contributed by atoms with Gasteiger partial charge in [-0.05, 0) is 45.9 Å². The van der Waals surface area contributed by atoms with Crippen molar-refractivity contribution in [3.05, 3.63) is 51.6 Å². The van der Waals surface area contributed by atoms with Gasteiger partial charge in [0, 0.05) is 5.69 Å². The number of hydrogen-bond acceptors (Lipinski definition) is 7. The zero-order valence-corrected chi connectivity index (χ0v) is 18.2. The predicted molar refractivity (Wildman–Crippen MR) is 111 cm³/mol. The van der Waals surface area contributed by atoms with Gasteiger partial charge in [-0.3, -0.25) is 0 Å². The van der Waals surface area contributed by atoms with Crippen LogP contribution in [0.2, 0.25) is 5.02 Å². The van der Waals surface area contributed by atoms with Crippen LogP contribution in [0.4, 0.5) is 4.79 Å². The normalized spacial score (nSPS) is 15.9. The van der Waals surface area contributed by atoms with Crippen LogP contribution in [0.15, 0.2) is 29.5 Å². The maximum absolute atomic E-state index is 12.7. The topological polar surface area (TPSA) is 124 Å². The highest BCUT2D eigenvalue weighted by Gasteiger charge is 2.30. The summed E-state index contributed by atoms with van der Waals surface area (Å²) in [5.74, 6) is -1.03. The van der Waals surface area contributed by atoms with Crippen molar-refractivity contribution >= 4 is 29.6 Å². The molecule has 0 saturated carbocycles. The molecule has 1 aliphatic rings. The number of carbonyl (C=O) groups is 3. The Hall–Kier alpha value is -3.40. The van der Waals surface area contributed by atoms with Gasteiger partial charge < -0.3 is 20.1 Å². The van der Waals surface area contributed by atoms with Crippen molar-refractivity contribution in [2.45, 2.75) is 33.7 Å². The molecule has 2 N–H and O–H groups in total. The predicted octanol–water partition coefficient (Wildman–Crippen LogP) is 2.21. The Morgan fingerprint density at radius 2 is 1.97 bits per heavy atom. The number of amides is 2. The highest BCUT2D eigenvalue weighted by atomic mass is 35.5. The molecule has 2 aromatic heterocycles. The van der Waals surface area contributed by atoms with E-state index in [0.29, 0.717) is 5.82 Å². The molecule has 10 nitrogen and oxygen atoms in total. The Morgan fingerprint density at radius 3 is 2.61 bits per heavy atom. The Labute approximate surface area is 183 Å². The summed E-state index contributed by atoms with van der Waals surface area (Å²) in [5, 5.41) is 9.49. The third-order valence-electron chi connectivity index (χ3n) is 4.46. The summed E-state index contributed by atoms with van der Waals surface area (Å²) in [5.41, 5.74) is 1.83. The number of pyridine rings is 1. The number of nitrogens with one attached hydrogen (secondary N) is 2. The molecule has 0 saturated heterocycles. The fourth-order valence-corrected chi connectivity index (χ4v) is 3.34. The first-order valence-corrected chi connectivity index (χ1v) is 9.94. The molecule has 164 valence electrons. The average Bonchev–Trinajstić information content (AvgIpc) is 3.04. The molecule has 1 atom stereocenters. The second-order valence-corrected chi connectivity index (χ2v) is 7.25. The second-order valence-electron chi connectivity index (χ2n) is 6.85. The third kappa shape index (κ3) is 4.85. The maximum atomic E-state index is 12.7. The van der Waals surface area contributed by atoms with Crippen LogP contribution in [0.3, 0.4) is 0 Å². The minimum Gasteiger partial charge on any atom is -0.463 e. The number of urea groups is 1. The van der Waals surface area contributed by atoms with Crippen molar-refractivity contribution in [2.24, 2.45) is 0 Å². The number of hydrogen-bond donors (Lipinski definition) is 2. The van der Waals surface area contributed by atoms with E-state index < -0.39 is 24.0 Å². The number of ether oxygens (including phenoxy) is 2. The molecule has 2 aromatic rings. The standard InChI is InChI=1S/C20H22ClN5O5/c1-5-30-18(27)16-12(4)22-20(29)23-14(16)9-31-19(28)17-13(21)6-7-15(24-17)26-11(3)8-10(2)25-26/h6-8,12H,5,9H2,1-4H3,(H2,22,23,29).